The molecule has 1 amide bonds. The van der Waals surface area contributed by atoms with Crippen LogP contribution in [0.4, 0.5) is 11.4 Å². The molecule has 4 heteroatoms. The van der Waals surface area contributed by atoms with Crippen LogP contribution in [0, 0.1) is 6.92 Å². The molecule has 18 heavy (non-hydrogen) atoms. The van der Waals surface area contributed by atoms with E-state index in [4.69, 9.17) is 5.73 Å². The molecule has 4 nitrogen and oxygen atoms in total. The first-order valence-electron chi connectivity index (χ1n) is 5.53. The number of phenols is 1. The third kappa shape index (κ3) is 2.43. The summed E-state index contributed by atoms with van der Waals surface area (Å²) in [4.78, 5) is 12.0. The summed E-state index contributed by atoms with van der Waals surface area (Å²) in [5.74, 6) is -0.279. The minimum Gasteiger partial charge on any atom is -0.506 e. The van der Waals surface area contributed by atoms with Gasteiger partial charge in [0.05, 0.1) is 5.69 Å². The Kier molecular flexibility index (Phi) is 3.19. The van der Waals surface area contributed by atoms with Gasteiger partial charge in [0, 0.05) is 11.3 Å². The van der Waals surface area contributed by atoms with E-state index in [1.807, 2.05) is 31.2 Å². The highest BCUT2D eigenvalue weighted by atomic mass is 16.3. The Morgan fingerprint density at radius 1 is 1.22 bits per heavy atom. The molecular formula is C14H14N2O2. The van der Waals surface area contributed by atoms with E-state index in [0.29, 0.717) is 5.56 Å². The van der Waals surface area contributed by atoms with Crippen LogP contribution in [-0.4, -0.2) is 11.0 Å². The lowest BCUT2D eigenvalue weighted by Crippen LogP contribution is -2.12. The summed E-state index contributed by atoms with van der Waals surface area (Å²) in [6.45, 7) is 1.92. The summed E-state index contributed by atoms with van der Waals surface area (Å²) in [5.41, 5.74) is 7.89. The minimum absolute atomic E-state index is 0.0255. The summed E-state index contributed by atoms with van der Waals surface area (Å²) in [5, 5.41) is 12.1. The van der Waals surface area contributed by atoms with Crippen molar-refractivity contribution < 1.29 is 9.90 Å². The van der Waals surface area contributed by atoms with Crippen molar-refractivity contribution in [1.82, 2.24) is 0 Å². The van der Waals surface area contributed by atoms with Gasteiger partial charge in [0.2, 0.25) is 0 Å². The summed E-state index contributed by atoms with van der Waals surface area (Å²) in [7, 11) is 0. The predicted molar refractivity (Wildman–Crippen MR) is 71.7 cm³/mol. The Balaban J connectivity index is 2.22. The first kappa shape index (κ1) is 12.0. The molecule has 0 aromatic heterocycles. The van der Waals surface area contributed by atoms with Gasteiger partial charge in [-0.1, -0.05) is 18.2 Å². The van der Waals surface area contributed by atoms with Gasteiger partial charge in [0.15, 0.2) is 0 Å². The van der Waals surface area contributed by atoms with Crippen molar-refractivity contribution in [3.63, 3.8) is 0 Å². The summed E-state index contributed by atoms with van der Waals surface area (Å²) in [6.07, 6.45) is 0. The topological polar surface area (TPSA) is 75.3 Å². The quantitative estimate of drug-likeness (QED) is 0.559. The van der Waals surface area contributed by atoms with E-state index in [0.717, 1.165) is 11.3 Å². The maximum Gasteiger partial charge on any atom is 0.255 e. The van der Waals surface area contributed by atoms with Gasteiger partial charge in [0.1, 0.15) is 5.75 Å². The molecule has 0 saturated heterocycles. The maximum atomic E-state index is 12.0. The molecule has 4 N–H and O–H groups in total. The second-order valence-corrected chi connectivity index (χ2v) is 4.04. The minimum atomic E-state index is -0.254. The highest BCUT2D eigenvalue weighted by molar-refractivity contribution is 6.05. The Morgan fingerprint density at radius 2 is 1.94 bits per heavy atom. The lowest BCUT2D eigenvalue weighted by atomic mass is 10.1. The van der Waals surface area contributed by atoms with Gasteiger partial charge in [-0.05, 0) is 36.8 Å². The van der Waals surface area contributed by atoms with Crippen LogP contribution in [-0.2, 0) is 0 Å². The Labute approximate surface area is 105 Å². The number of para-hydroxylation sites is 1. The van der Waals surface area contributed by atoms with E-state index >= 15 is 0 Å². The van der Waals surface area contributed by atoms with Crippen molar-refractivity contribution in [3.05, 3.63) is 53.6 Å². The molecule has 0 aliphatic heterocycles. The first-order valence-corrected chi connectivity index (χ1v) is 5.53. The number of benzene rings is 2. The molecule has 2 aromatic carbocycles. The number of aryl methyl sites for hydroxylation is 1. The molecule has 2 rings (SSSR count). The highest BCUT2D eigenvalue weighted by Crippen LogP contribution is 2.21. The summed E-state index contributed by atoms with van der Waals surface area (Å²) >= 11 is 0. The van der Waals surface area contributed by atoms with Crippen molar-refractivity contribution >= 4 is 17.3 Å². The monoisotopic (exact) mass is 242 g/mol. The van der Waals surface area contributed by atoms with Gasteiger partial charge in [-0.25, -0.2) is 0 Å². The molecule has 0 heterocycles. The number of nitrogen functional groups attached to an aromatic ring is 1. The second kappa shape index (κ2) is 4.79. The lowest BCUT2D eigenvalue weighted by Gasteiger charge is -2.08. The number of amides is 1. The van der Waals surface area contributed by atoms with Gasteiger partial charge in [-0.15, -0.1) is 0 Å². The first-order chi connectivity index (χ1) is 8.58. The third-order valence-corrected chi connectivity index (χ3v) is 2.68. The maximum absolute atomic E-state index is 12.0. The predicted octanol–water partition coefficient (Wildman–Crippen LogP) is 2.54. The lowest BCUT2D eigenvalue weighted by molar-refractivity contribution is 0.102. The van der Waals surface area contributed by atoms with E-state index < -0.39 is 0 Å². The SMILES string of the molecule is Cc1ccccc1NC(=O)c1ccc(O)c(N)c1. The molecule has 2 aromatic rings. The smallest absolute Gasteiger partial charge is 0.255 e. The van der Waals surface area contributed by atoms with E-state index in [2.05, 4.69) is 5.32 Å². The standard InChI is InChI=1S/C14H14N2O2/c1-9-4-2-3-5-12(9)16-14(18)10-6-7-13(17)11(15)8-10/h2-8,17H,15H2,1H3,(H,16,18). The van der Waals surface area contributed by atoms with Crippen molar-refractivity contribution in [2.45, 2.75) is 6.92 Å². The van der Waals surface area contributed by atoms with Gasteiger partial charge in [-0.3, -0.25) is 4.79 Å². The molecule has 92 valence electrons. The van der Waals surface area contributed by atoms with Crippen LogP contribution in [0.2, 0.25) is 0 Å². The van der Waals surface area contributed by atoms with Gasteiger partial charge >= 0.3 is 0 Å². The Bertz CT molecular complexity index is 594. The molecule has 0 atom stereocenters. The van der Waals surface area contributed by atoms with Crippen LogP contribution in [0.1, 0.15) is 15.9 Å². The number of hydrogen-bond donors (Lipinski definition) is 3. The molecule has 0 unspecified atom stereocenters. The molecule has 0 saturated carbocycles. The molecular weight excluding hydrogens is 228 g/mol. The molecule has 0 bridgehead atoms. The fourth-order valence-corrected chi connectivity index (χ4v) is 1.60. The van der Waals surface area contributed by atoms with Crippen LogP contribution in [0.15, 0.2) is 42.5 Å². The van der Waals surface area contributed by atoms with Crippen molar-refractivity contribution in [2.24, 2.45) is 0 Å². The van der Waals surface area contributed by atoms with E-state index in [-0.39, 0.29) is 17.3 Å². The fourth-order valence-electron chi connectivity index (χ4n) is 1.60. The zero-order valence-electron chi connectivity index (χ0n) is 9.97. The number of anilines is 2. The number of phenolic OH excluding ortho intramolecular Hbond substituents is 1. The van der Waals surface area contributed by atoms with Crippen molar-refractivity contribution in [1.29, 1.82) is 0 Å². The molecule has 0 fully saturated rings. The zero-order valence-corrected chi connectivity index (χ0v) is 9.97. The van der Waals surface area contributed by atoms with Crippen LogP contribution in [0.3, 0.4) is 0 Å². The van der Waals surface area contributed by atoms with E-state index in [1.54, 1.807) is 0 Å². The summed E-state index contributed by atoms with van der Waals surface area (Å²) < 4.78 is 0. The van der Waals surface area contributed by atoms with Crippen LogP contribution in [0.5, 0.6) is 5.75 Å². The highest BCUT2D eigenvalue weighted by Gasteiger charge is 2.09. The zero-order chi connectivity index (χ0) is 13.1. The van der Waals surface area contributed by atoms with E-state index in [1.165, 1.54) is 18.2 Å². The van der Waals surface area contributed by atoms with Gasteiger partial charge in [0.25, 0.3) is 5.91 Å². The van der Waals surface area contributed by atoms with Crippen molar-refractivity contribution in [3.8, 4) is 5.75 Å². The number of nitrogens with two attached hydrogens (primary N) is 1. The normalized spacial score (nSPS) is 10.1. The number of aromatic hydroxyl groups is 1. The number of carbonyl (C=O) groups excluding carboxylic acids is 1. The third-order valence-electron chi connectivity index (χ3n) is 2.68. The van der Waals surface area contributed by atoms with Crippen LogP contribution in [0.25, 0.3) is 0 Å². The Hall–Kier alpha value is -2.49. The number of carbonyl (C=O) groups is 1. The second-order valence-electron chi connectivity index (χ2n) is 4.04. The average Bonchev–Trinajstić information content (AvgIpc) is 2.35. The number of rotatable bonds is 2. The molecule has 0 aliphatic rings. The Morgan fingerprint density at radius 3 is 2.61 bits per heavy atom. The van der Waals surface area contributed by atoms with Crippen LogP contribution >= 0.6 is 0 Å². The van der Waals surface area contributed by atoms with Crippen LogP contribution < -0.4 is 11.1 Å². The van der Waals surface area contributed by atoms with Crippen molar-refractivity contribution in [2.75, 3.05) is 11.1 Å². The number of hydrogen-bond acceptors (Lipinski definition) is 3. The largest absolute Gasteiger partial charge is 0.506 e. The molecule has 0 aliphatic carbocycles. The molecule has 0 spiro atoms. The average molecular weight is 242 g/mol. The van der Waals surface area contributed by atoms with Gasteiger partial charge in [-0.2, -0.15) is 0 Å². The number of nitrogens with one attached hydrogen (secondary N) is 1. The van der Waals surface area contributed by atoms with Gasteiger partial charge < -0.3 is 16.2 Å². The van der Waals surface area contributed by atoms with E-state index in [9.17, 15) is 9.90 Å². The fraction of sp³-hybridized carbons (Fsp3) is 0.0714. The summed E-state index contributed by atoms with van der Waals surface area (Å²) in [6, 6.07) is 11.9. The molecule has 0 radical (unpaired) electrons.